The van der Waals surface area contributed by atoms with Crippen LogP contribution in [0.2, 0.25) is 0 Å². The molecule has 0 saturated heterocycles. The first kappa shape index (κ1) is 58.8. The molecule has 2 heterocycles. The van der Waals surface area contributed by atoms with Crippen molar-refractivity contribution < 1.29 is 0 Å². The van der Waals surface area contributed by atoms with Crippen LogP contribution in [0.15, 0.2) is 283 Å². The van der Waals surface area contributed by atoms with Gasteiger partial charge in [0.15, 0.2) is 0 Å². The smallest absolute Gasteiger partial charge is 0.111 e. The number of rotatable bonds is 22. The number of benzene rings is 10. The summed E-state index contributed by atoms with van der Waals surface area (Å²) in [5.41, 5.74) is 17.6. The van der Waals surface area contributed by atoms with Crippen molar-refractivity contribution in [3.8, 4) is 0 Å². The number of hydrogen-bond donors (Lipinski definition) is 0. The zero-order chi connectivity index (χ0) is 59.7. The number of nitrogens with zero attached hydrogens (tertiary/aromatic N) is 7. The van der Waals surface area contributed by atoms with Gasteiger partial charge in [-0.05, 0) is 151 Å². The van der Waals surface area contributed by atoms with Gasteiger partial charge in [-0.15, -0.1) is 0 Å². The molecular weight excluding hydrogens is 1060 g/mol. The van der Waals surface area contributed by atoms with Crippen LogP contribution in [-0.2, 0) is 0 Å². The fourth-order valence-electron chi connectivity index (χ4n) is 11.8. The van der Waals surface area contributed by atoms with Gasteiger partial charge < -0.3 is 14.0 Å². The van der Waals surface area contributed by atoms with Gasteiger partial charge >= 0.3 is 0 Å². The van der Waals surface area contributed by atoms with Gasteiger partial charge in [0.1, 0.15) is 6.17 Å². The molecule has 12 aromatic rings. The number of hydrazone groups is 2. The molecule has 7 heteroatoms. The van der Waals surface area contributed by atoms with Crippen molar-refractivity contribution in [3.05, 3.63) is 300 Å². The predicted molar refractivity (Wildman–Crippen MR) is 375 cm³/mol. The lowest BCUT2D eigenvalue weighted by Gasteiger charge is -2.26. The summed E-state index contributed by atoms with van der Waals surface area (Å²) >= 11 is 0. The molecule has 0 N–H and O–H groups in total. The standard InChI is InChI=1S/C50H52N6.C30H27N/c1-4-5-6-7-8-9-16-29-50(55-46-27-19-17-25-42(46)44-34-38(30-32-48(44)55)36-51-53(2)40-21-12-10-13-22-40)56-47-28-20-18-26-43(47)45-35-39(31-33-49(45)56)37-52-54(3)41-23-14-11-15-24-41;1-24(2)23-31(28-16-10-5-11-17-28)29-20-18-25(19-21-29)22-30(26-12-6-3-7-13-26)27-14-8-4-9-15-27/h10-15,17-28,30-37,50H,4-9,16,29H2,1-3H3;3-23H,1-2H3/b51-36+,52-37+;. The topological polar surface area (TPSA) is 44.3 Å². The molecule has 87 heavy (non-hydrogen) atoms. The molecule has 10 aromatic carbocycles. The summed E-state index contributed by atoms with van der Waals surface area (Å²) in [5, 5.41) is 18.5. The van der Waals surface area contributed by atoms with Gasteiger partial charge in [0.25, 0.3) is 0 Å². The molecule has 0 bridgehead atoms. The molecule has 0 amide bonds. The van der Waals surface area contributed by atoms with E-state index in [1.54, 1.807) is 0 Å². The Hall–Kier alpha value is -9.98. The number of anilines is 4. The van der Waals surface area contributed by atoms with Crippen molar-refractivity contribution >= 4 is 90.4 Å². The van der Waals surface area contributed by atoms with E-state index in [-0.39, 0.29) is 6.17 Å². The molecule has 0 radical (unpaired) electrons. The maximum absolute atomic E-state index is 4.81. The van der Waals surface area contributed by atoms with Gasteiger partial charge in [0, 0.05) is 53.2 Å². The van der Waals surface area contributed by atoms with Crippen LogP contribution in [0.3, 0.4) is 0 Å². The maximum atomic E-state index is 4.81. The quantitative estimate of drug-likeness (QED) is 0.0294. The molecule has 12 rings (SSSR count). The van der Waals surface area contributed by atoms with Gasteiger partial charge in [-0.3, -0.25) is 10.0 Å². The van der Waals surface area contributed by atoms with Crippen molar-refractivity contribution in [2.24, 2.45) is 10.2 Å². The summed E-state index contributed by atoms with van der Waals surface area (Å²) in [6.07, 6.45) is 18.4. The van der Waals surface area contributed by atoms with E-state index in [1.165, 1.54) is 110 Å². The Morgan fingerprint density at radius 3 is 1.23 bits per heavy atom. The third-order valence-corrected chi connectivity index (χ3v) is 16.2. The highest BCUT2D eigenvalue weighted by Crippen LogP contribution is 2.40. The molecular formula is C80H79N7. The highest BCUT2D eigenvalue weighted by Gasteiger charge is 2.24. The van der Waals surface area contributed by atoms with E-state index in [2.05, 4.69) is 265 Å². The van der Waals surface area contributed by atoms with Gasteiger partial charge in [-0.1, -0.05) is 227 Å². The van der Waals surface area contributed by atoms with E-state index in [4.69, 9.17) is 10.2 Å². The Labute approximate surface area is 514 Å². The molecule has 0 atom stereocenters. The minimum absolute atomic E-state index is 0.0721. The highest BCUT2D eigenvalue weighted by atomic mass is 15.4. The second-order valence-electron chi connectivity index (χ2n) is 22.7. The molecule has 2 aromatic heterocycles. The summed E-state index contributed by atoms with van der Waals surface area (Å²) in [6, 6.07) is 92.4. The third kappa shape index (κ3) is 14.2. The van der Waals surface area contributed by atoms with Crippen LogP contribution in [0, 0.1) is 0 Å². The second kappa shape index (κ2) is 28.7. The van der Waals surface area contributed by atoms with E-state index >= 15 is 0 Å². The average Bonchev–Trinajstić information content (AvgIpc) is 1.61. The Morgan fingerprint density at radius 2 is 0.770 bits per heavy atom. The van der Waals surface area contributed by atoms with Crippen LogP contribution in [0.1, 0.15) is 106 Å². The Balaban J connectivity index is 0.000000213. The number of para-hydroxylation sites is 5. The molecule has 0 unspecified atom stereocenters. The summed E-state index contributed by atoms with van der Waals surface area (Å²) in [7, 11) is 3.99. The number of aromatic nitrogens is 2. The van der Waals surface area contributed by atoms with E-state index in [9.17, 15) is 0 Å². The molecule has 434 valence electrons. The van der Waals surface area contributed by atoms with Crippen LogP contribution < -0.4 is 14.9 Å². The zero-order valence-corrected chi connectivity index (χ0v) is 51.0. The third-order valence-electron chi connectivity index (χ3n) is 16.2. The van der Waals surface area contributed by atoms with Crippen molar-refractivity contribution in [1.29, 1.82) is 0 Å². The summed E-state index contributed by atoms with van der Waals surface area (Å²) < 4.78 is 5.24. The normalized spacial score (nSPS) is 11.4. The maximum Gasteiger partial charge on any atom is 0.111 e. The minimum Gasteiger partial charge on any atom is -0.319 e. The van der Waals surface area contributed by atoms with Gasteiger partial charge in [0.05, 0.1) is 45.9 Å². The molecule has 0 spiro atoms. The van der Waals surface area contributed by atoms with Gasteiger partial charge in [-0.25, -0.2) is 0 Å². The van der Waals surface area contributed by atoms with Crippen LogP contribution in [-0.4, -0.2) is 35.7 Å². The van der Waals surface area contributed by atoms with E-state index < -0.39 is 0 Å². The summed E-state index contributed by atoms with van der Waals surface area (Å²) in [4.78, 5) is 2.23. The fraction of sp³-hybridized carbons (Fsp3) is 0.175. The first-order valence-corrected chi connectivity index (χ1v) is 30.9. The lowest BCUT2D eigenvalue weighted by molar-refractivity contribution is 0.418. The zero-order valence-electron chi connectivity index (χ0n) is 51.0. The fourth-order valence-corrected chi connectivity index (χ4v) is 11.8. The molecule has 0 aliphatic rings. The van der Waals surface area contributed by atoms with Crippen molar-refractivity contribution in [2.45, 2.75) is 78.3 Å². The van der Waals surface area contributed by atoms with E-state index in [1.807, 2.05) is 79.0 Å². The van der Waals surface area contributed by atoms with Crippen molar-refractivity contribution in [2.75, 3.05) is 29.0 Å². The van der Waals surface area contributed by atoms with Crippen LogP contribution in [0.25, 0.3) is 55.3 Å². The van der Waals surface area contributed by atoms with Crippen LogP contribution in [0.5, 0.6) is 0 Å². The van der Waals surface area contributed by atoms with Crippen molar-refractivity contribution in [3.63, 3.8) is 0 Å². The largest absolute Gasteiger partial charge is 0.319 e. The Kier molecular flexibility index (Phi) is 19.4. The average molecular weight is 1140 g/mol. The lowest BCUT2D eigenvalue weighted by atomic mass is 9.96. The molecule has 7 nitrogen and oxygen atoms in total. The Morgan fingerprint density at radius 1 is 0.391 bits per heavy atom. The van der Waals surface area contributed by atoms with Crippen molar-refractivity contribution in [1.82, 2.24) is 9.13 Å². The molecule has 0 fully saturated rings. The van der Waals surface area contributed by atoms with Crippen LogP contribution in [0.4, 0.5) is 22.7 Å². The number of fused-ring (bicyclic) bond motifs is 6. The summed E-state index contributed by atoms with van der Waals surface area (Å²) in [6.45, 7) is 6.54. The summed E-state index contributed by atoms with van der Waals surface area (Å²) in [5.74, 6) is 0. The predicted octanol–water partition coefficient (Wildman–Crippen LogP) is 21.4. The first-order valence-electron chi connectivity index (χ1n) is 30.9. The Bertz CT molecular complexity index is 4060. The van der Waals surface area contributed by atoms with Gasteiger partial charge in [0.2, 0.25) is 0 Å². The highest BCUT2D eigenvalue weighted by molar-refractivity contribution is 6.11. The molecule has 0 saturated carbocycles. The second-order valence-corrected chi connectivity index (χ2v) is 22.7. The first-order chi connectivity index (χ1) is 42.8. The van der Waals surface area contributed by atoms with E-state index in [0.29, 0.717) is 0 Å². The van der Waals surface area contributed by atoms with Crippen LogP contribution >= 0.6 is 0 Å². The van der Waals surface area contributed by atoms with E-state index in [0.717, 1.165) is 46.7 Å². The number of allylic oxidation sites excluding steroid dienone is 1. The molecule has 0 aliphatic carbocycles. The lowest BCUT2D eigenvalue weighted by Crippen LogP contribution is -2.18. The number of unbranched alkanes of at least 4 members (excludes halogenated alkanes) is 6. The van der Waals surface area contributed by atoms with Gasteiger partial charge in [-0.2, -0.15) is 10.2 Å². The molecule has 0 aliphatic heterocycles. The monoisotopic (exact) mass is 1140 g/mol. The SMILES string of the molecule is CC(C)=CN(c1ccccc1)c1ccc(C=C(c2ccccc2)c2ccccc2)cc1.CCCCCCCCCC(n1c2ccccc2c2cc(/C=N/N(C)c3ccccc3)ccc21)n1c2ccccc2c2cc(/C=N/N(C)c3ccccc3)ccc21. The minimum atomic E-state index is 0.0721. The number of hydrogen-bond acceptors (Lipinski definition) is 5.